The molecule has 0 amide bonds. The van der Waals surface area contributed by atoms with Gasteiger partial charge in [-0.1, -0.05) is 11.3 Å². The van der Waals surface area contributed by atoms with Gasteiger partial charge in [0.15, 0.2) is 0 Å². The zero-order chi connectivity index (χ0) is 18.1. The Hall–Kier alpha value is -2.39. The molecule has 0 N–H and O–H groups in total. The van der Waals surface area contributed by atoms with Crippen molar-refractivity contribution in [2.45, 2.75) is 45.8 Å². The van der Waals surface area contributed by atoms with Gasteiger partial charge in [-0.15, -0.1) is 5.10 Å². The summed E-state index contributed by atoms with van der Waals surface area (Å²) in [6.07, 6.45) is 5.75. The number of anilines is 1. The van der Waals surface area contributed by atoms with Gasteiger partial charge in [0.25, 0.3) is 0 Å². The number of nitriles is 1. The van der Waals surface area contributed by atoms with E-state index in [1.165, 1.54) is 17.7 Å². The van der Waals surface area contributed by atoms with Crippen LogP contribution in [-0.2, 0) is 11.3 Å². The number of ether oxygens (including phenoxy) is 1. The first-order valence-corrected chi connectivity index (χ1v) is 9.35. The van der Waals surface area contributed by atoms with Gasteiger partial charge in [0.1, 0.15) is 5.69 Å². The SMILES string of the molecule is Cc1cc(N2CC(C)(C#N)C2)ccc1-c1cn(CC2CCCCO2)nn1. The summed E-state index contributed by atoms with van der Waals surface area (Å²) in [5.41, 5.74) is 4.13. The lowest BCUT2D eigenvalue weighted by Gasteiger charge is -2.45. The second-order valence-corrected chi connectivity index (χ2v) is 7.84. The van der Waals surface area contributed by atoms with Crippen LogP contribution in [0.3, 0.4) is 0 Å². The lowest BCUT2D eigenvalue weighted by atomic mass is 9.83. The molecular formula is C20H25N5O. The Kier molecular flexibility index (Phi) is 4.41. The van der Waals surface area contributed by atoms with Crippen molar-refractivity contribution in [2.75, 3.05) is 24.6 Å². The van der Waals surface area contributed by atoms with Gasteiger partial charge in [-0.05, 0) is 50.8 Å². The van der Waals surface area contributed by atoms with Gasteiger partial charge >= 0.3 is 0 Å². The van der Waals surface area contributed by atoms with Crippen LogP contribution in [0.15, 0.2) is 24.4 Å². The molecule has 2 fully saturated rings. The quantitative estimate of drug-likeness (QED) is 0.846. The van der Waals surface area contributed by atoms with E-state index in [2.05, 4.69) is 46.4 Å². The van der Waals surface area contributed by atoms with E-state index in [-0.39, 0.29) is 11.5 Å². The van der Waals surface area contributed by atoms with Gasteiger partial charge in [-0.3, -0.25) is 0 Å². The molecule has 1 aromatic carbocycles. The molecule has 2 aliphatic heterocycles. The van der Waals surface area contributed by atoms with E-state index < -0.39 is 0 Å². The molecule has 3 heterocycles. The number of hydrogen-bond donors (Lipinski definition) is 0. The van der Waals surface area contributed by atoms with Crippen LogP contribution >= 0.6 is 0 Å². The Morgan fingerprint density at radius 1 is 1.35 bits per heavy atom. The summed E-state index contributed by atoms with van der Waals surface area (Å²) in [6.45, 7) is 7.32. The van der Waals surface area contributed by atoms with E-state index in [0.29, 0.717) is 0 Å². The first kappa shape index (κ1) is 17.0. The standard InChI is InChI=1S/C20H25N5O/c1-15-9-16(24-13-20(2,12-21)14-24)6-7-18(15)19-11-25(23-22-19)10-17-5-3-4-8-26-17/h6-7,9,11,17H,3-5,8,10,13-14H2,1-2H3. The molecule has 2 saturated heterocycles. The highest BCUT2D eigenvalue weighted by Gasteiger charge is 2.39. The first-order chi connectivity index (χ1) is 12.6. The smallest absolute Gasteiger partial charge is 0.113 e. The maximum atomic E-state index is 9.17. The number of aromatic nitrogens is 3. The molecule has 1 aromatic heterocycles. The van der Waals surface area contributed by atoms with Crippen LogP contribution in [-0.4, -0.2) is 40.8 Å². The minimum Gasteiger partial charge on any atom is -0.376 e. The van der Waals surface area contributed by atoms with E-state index >= 15 is 0 Å². The lowest BCUT2D eigenvalue weighted by molar-refractivity contribution is 0.00370. The zero-order valence-electron chi connectivity index (χ0n) is 15.5. The molecule has 2 aliphatic rings. The van der Waals surface area contributed by atoms with Crippen molar-refractivity contribution in [1.29, 1.82) is 5.26 Å². The molecule has 0 radical (unpaired) electrons. The second-order valence-electron chi connectivity index (χ2n) is 7.84. The highest BCUT2D eigenvalue weighted by atomic mass is 16.5. The predicted octanol–water partition coefficient (Wildman–Crippen LogP) is 3.17. The van der Waals surface area contributed by atoms with Crippen LogP contribution < -0.4 is 4.90 Å². The largest absolute Gasteiger partial charge is 0.376 e. The third-order valence-electron chi connectivity index (χ3n) is 5.40. The average Bonchev–Trinajstić information content (AvgIpc) is 3.08. The van der Waals surface area contributed by atoms with Crippen LogP contribution in [0.4, 0.5) is 5.69 Å². The third kappa shape index (κ3) is 3.32. The minimum atomic E-state index is -0.212. The summed E-state index contributed by atoms with van der Waals surface area (Å²) in [4.78, 5) is 2.25. The maximum absolute atomic E-state index is 9.17. The molecule has 26 heavy (non-hydrogen) atoms. The fraction of sp³-hybridized carbons (Fsp3) is 0.550. The topological polar surface area (TPSA) is 67.0 Å². The Morgan fingerprint density at radius 3 is 2.88 bits per heavy atom. The van der Waals surface area contributed by atoms with Crippen molar-refractivity contribution in [3.05, 3.63) is 30.0 Å². The lowest BCUT2D eigenvalue weighted by Crippen LogP contribution is -2.54. The van der Waals surface area contributed by atoms with Crippen LogP contribution in [0.1, 0.15) is 31.7 Å². The first-order valence-electron chi connectivity index (χ1n) is 9.35. The Bertz CT molecular complexity index is 825. The third-order valence-corrected chi connectivity index (χ3v) is 5.40. The van der Waals surface area contributed by atoms with Gasteiger partial charge in [0, 0.05) is 30.9 Å². The highest BCUT2D eigenvalue weighted by Crippen LogP contribution is 2.35. The average molecular weight is 351 g/mol. The normalized spacial score (nSPS) is 21.9. The van der Waals surface area contributed by atoms with Crippen LogP contribution in [0.5, 0.6) is 0 Å². The van der Waals surface area contributed by atoms with Crippen molar-refractivity contribution >= 4 is 5.69 Å². The van der Waals surface area contributed by atoms with Gasteiger partial charge in [-0.2, -0.15) is 5.26 Å². The molecule has 6 nitrogen and oxygen atoms in total. The number of nitrogens with zero attached hydrogens (tertiary/aromatic N) is 5. The second kappa shape index (κ2) is 6.73. The minimum absolute atomic E-state index is 0.212. The van der Waals surface area contributed by atoms with Crippen molar-refractivity contribution in [3.63, 3.8) is 0 Å². The molecule has 2 aromatic rings. The van der Waals surface area contributed by atoms with Crippen molar-refractivity contribution in [2.24, 2.45) is 5.41 Å². The molecule has 0 saturated carbocycles. The molecule has 1 unspecified atom stereocenters. The summed E-state index contributed by atoms with van der Waals surface area (Å²) in [6, 6.07) is 8.79. The molecule has 0 aliphatic carbocycles. The molecule has 6 heteroatoms. The fourth-order valence-electron chi connectivity index (χ4n) is 3.85. The summed E-state index contributed by atoms with van der Waals surface area (Å²) in [7, 11) is 0. The van der Waals surface area contributed by atoms with Crippen molar-refractivity contribution in [1.82, 2.24) is 15.0 Å². The number of hydrogen-bond acceptors (Lipinski definition) is 5. The van der Waals surface area contributed by atoms with Crippen LogP contribution in [0, 0.1) is 23.7 Å². The maximum Gasteiger partial charge on any atom is 0.113 e. The highest BCUT2D eigenvalue weighted by molar-refractivity contribution is 5.67. The number of aryl methyl sites for hydroxylation is 1. The van der Waals surface area contributed by atoms with E-state index in [0.717, 1.165) is 50.3 Å². The van der Waals surface area contributed by atoms with E-state index in [4.69, 9.17) is 4.74 Å². The van der Waals surface area contributed by atoms with E-state index in [1.807, 2.05) is 17.8 Å². The van der Waals surface area contributed by atoms with Crippen molar-refractivity contribution < 1.29 is 4.74 Å². The molecule has 136 valence electrons. The monoisotopic (exact) mass is 351 g/mol. The summed E-state index contributed by atoms with van der Waals surface area (Å²) in [5, 5.41) is 17.8. The van der Waals surface area contributed by atoms with Gasteiger partial charge in [-0.25, -0.2) is 4.68 Å². The Balaban J connectivity index is 1.46. The van der Waals surface area contributed by atoms with E-state index in [1.54, 1.807) is 0 Å². The number of benzene rings is 1. The summed E-state index contributed by atoms with van der Waals surface area (Å²) in [5.74, 6) is 0. The fourth-order valence-corrected chi connectivity index (χ4v) is 3.85. The summed E-state index contributed by atoms with van der Waals surface area (Å²) >= 11 is 0. The van der Waals surface area contributed by atoms with Gasteiger partial charge in [0.05, 0.1) is 30.3 Å². The Labute approximate surface area is 154 Å². The van der Waals surface area contributed by atoms with Crippen molar-refractivity contribution in [3.8, 4) is 17.3 Å². The Morgan fingerprint density at radius 2 is 2.19 bits per heavy atom. The molecule has 1 atom stereocenters. The van der Waals surface area contributed by atoms with Gasteiger partial charge < -0.3 is 9.64 Å². The van der Waals surface area contributed by atoms with Crippen LogP contribution in [0.2, 0.25) is 0 Å². The van der Waals surface area contributed by atoms with E-state index in [9.17, 15) is 5.26 Å². The molecule has 0 bridgehead atoms. The molecule has 4 rings (SSSR count). The molecular weight excluding hydrogens is 326 g/mol. The van der Waals surface area contributed by atoms with Crippen LogP contribution in [0.25, 0.3) is 11.3 Å². The zero-order valence-corrected chi connectivity index (χ0v) is 15.5. The molecule has 0 spiro atoms. The predicted molar refractivity (Wildman–Crippen MR) is 99.7 cm³/mol. The van der Waals surface area contributed by atoms with Gasteiger partial charge in [0.2, 0.25) is 0 Å². The summed E-state index contributed by atoms with van der Waals surface area (Å²) < 4.78 is 7.69. The number of rotatable bonds is 4.